The van der Waals surface area contributed by atoms with Crippen molar-refractivity contribution in [3.05, 3.63) is 35.6 Å². The summed E-state index contributed by atoms with van der Waals surface area (Å²) in [4.78, 5) is 16.5. The Labute approximate surface area is 110 Å². The molecule has 2 N–H and O–H groups in total. The molecule has 0 aliphatic carbocycles. The molecule has 0 spiro atoms. The molecule has 3 rings (SSSR count). The van der Waals surface area contributed by atoms with E-state index in [1.54, 1.807) is 22.1 Å². The lowest BCUT2D eigenvalue weighted by molar-refractivity contribution is -0.112. The molecule has 19 heavy (non-hydrogen) atoms. The van der Waals surface area contributed by atoms with Gasteiger partial charge in [-0.1, -0.05) is 0 Å². The number of carbonyl (C=O) groups is 1. The molecule has 0 saturated heterocycles. The molecule has 0 saturated carbocycles. The number of amides is 1. The maximum Gasteiger partial charge on any atom is 0.256 e. The van der Waals surface area contributed by atoms with E-state index < -0.39 is 0 Å². The summed E-state index contributed by atoms with van der Waals surface area (Å²) in [6, 6.07) is 0. The second-order valence-electron chi connectivity index (χ2n) is 4.38. The topological polar surface area (TPSA) is 74.5 Å². The van der Waals surface area contributed by atoms with E-state index in [4.69, 9.17) is 0 Å². The summed E-state index contributed by atoms with van der Waals surface area (Å²) in [6.07, 6.45) is 7.09. The van der Waals surface area contributed by atoms with Crippen LogP contribution in [0.5, 0.6) is 0 Å². The lowest BCUT2D eigenvalue weighted by Gasteiger charge is -2.15. The average molecular weight is 258 g/mol. The number of hydrazine groups is 1. The van der Waals surface area contributed by atoms with Crippen molar-refractivity contribution >= 4 is 17.8 Å². The number of nitrogens with one attached hydrogen (secondary N) is 2. The van der Waals surface area contributed by atoms with Gasteiger partial charge in [0.05, 0.1) is 17.0 Å². The average Bonchev–Trinajstić information content (AvgIpc) is 2.93. The highest BCUT2D eigenvalue weighted by Crippen LogP contribution is 2.21. The number of nitrogens with zero attached hydrogens (tertiary/aromatic N) is 4. The molecule has 0 unspecified atom stereocenters. The molecule has 7 heteroatoms. The van der Waals surface area contributed by atoms with Crippen LogP contribution in [0.25, 0.3) is 0 Å². The van der Waals surface area contributed by atoms with Gasteiger partial charge in [-0.2, -0.15) is 5.10 Å². The molecule has 98 valence electrons. The fraction of sp³-hybridized carbons (Fsp3) is 0.250. The number of fused-ring (bicyclic) bond motifs is 1. The van der Waals surface area contributed by atoms with Gasteiger partial charge in [0.2, 0.25) is 0 Å². The minimum absolute atomic E-state index is 0.159. The fourth-order valence-corrected chi connectivity index (χ4v) is 2.07. The van der Waals surface area contributed by atoms with Gasteiger partial charge >= 0.3 is 0 Å². The Morgan fingerprint density at radius 2 is 2.37 bits per heavy atom. The molecule has 7 nitrogen and oxygen atoms in total. The molecule has 2 aliphatic rings. The zero-order valence-electron chi connectivity index (χ0n) is 10.7. The van der Waals surface area contributed by atoms with Crippen molar-refractivity contribution in [2.24, 2.45) is 12.0 Å². The summed E-state index contributed by atoms with van der Waals surface area (Å²) < 4.78 is 1.67. The Bertz CT molecular complexity index is 624. The lowest BCUT2D eigenvalue weighted by Crippen LogP contribution is -2.27. The maximum absolute atomic E-state index is 12.3. The molecule has 1 amide bonds. The Hall–Kier alpha value is -2.41. The predicted octanol–water partition coefficient (Wildman–Crippen LogP) is 0.297. The third kappa shape index (κ3) is 2.04. The Morgan fingerprint density at radius 1 is 1.53 bits per heavy atom. The summed E-state index contributed by atoms with van der Waals surface area (Å²) in [7, 11) is 1.82. The first-order valence-electron chi connectivity index (χ1n) is 5.93. The van der Waals surface area contributed by atoms with Crippen molar-refractivity contribution in [1.29, 1.82) is 0 Å². The van der Waals surface area contributed by atoms with Crippen LogP contribution in [0.3, 0.4) is 0 Å². The summed E-state index contributed by atoms with van der Waals surface area (Å²) in [6.45, 7) is 2.32. The molecule has 3 heterocycles. The number of rotatable bonds is 2. The van der Waals surface area contributed by atoms with E-state index >= 15 is 0 Å². The van der Waals surface area contributed by atoms with Crippen molar-refractivity contribution in [2.75, 3.05) is 11.9 Å². The minimum Gasteiger partial charge on any atom is -0.319 e. The molecule has 0 fully saturated rings. The molecular formula is C12H14N6O. The van der Waals surface area contributed by atoms with E-state index in [0.29, 0.717) is 17.9 Å². The normalized spacial score (nSPS) is 17.1. The largest absolute Gasteiger partial charge is 0.319 e. The van der Waals surface area contributed by atoms with Crippen molar-refractivity contribution in [2.45, 2.75) is 6.92 Å². The first-order valence-corrected chi connectivity index (χ1v) is 5.93. The van der Waals surface area contributed by atoms with Crippen molar-refractivity contribution in [3.63, 3.8) is 0 Å². The van der Waals surface area contributed by atoms with Crippen LogP contribution in [-0.4, -0.2) is 33.5 Å². The van der Waals surface area contributed by atoms with E-state index in [1.165, 1.54) is 0 Å². The van der Waals surface area contributed by atoms with E-state index in [0.717, 1.165) is 11.4 Å². The Kier molecular flexibility index (Phi) is 2.68. The Morgan fingerprint density at radius 3 is 3.11 bits per heavy atom. The molecule has 1 aromatic heterocycles. The number of aryl methyl sites for hydroxylation is 2. The van der Waals surface area contributed by atoms with Crippen LogP contribution < -0.4 is 10.7 Å². The first kappa shape index (κ1) is 11.7. The fourth-order valence-electron chi connectivity index (χ4n) is 2.07. The molecule has 0 atom stereocenters. The summed E-state index contributed by atoms with van der Waals surface area (Å²) in [5, 5.41) is 8.79. The van der Waals surface area contributed by atoms with Crippen LogP contribution in [0.15, 0.2) is 34.9 Å². The SMILES string of the molecule is Cc1nn(C)cc1NC(=O)C1=C2N=CC=CN2NC1. The summed E-state index contributed by atoms with van der Waals surface area (Å²) in [5.74, 6) is 0.482. The van der Waals surface area contributed by atoms with Gasteiger partial charge in [0, 0.05) is 32.2 Å². The van der Waals surface area contributed by atoms with Crippen LogP contribution >= 0.6 is 0 Å². The minimum atomic E-state index is -0.159. The van der Waals surface area contributed by atoms with E-state index in [1.807, 2.05) is 26.2 Å². The lowest BCUT2D eigenvalue weighted by atomic mass is 10.2. The van der Waals surface area contributed by atoms with E-state index in [9.17, 15) is 4.79 Å². The highest BCUT2D eigenvalue weighted by atomic mass is 16.1. The number of allylic oxidation sites excluding steroid dienone is 1. The van der Waals surface area contributed by atoms with Crippen molar-refractivity contribution in [1.82, 2.24) is 20.2 Å². The smallest absolute Gasteiger partial charge is 0.256 e. The van der Waals surface area contributed by atoms with Crippen LogP contribution in [0.1, 0.15) is 5.69 Å². The first-order chi connectivity index (χ1) is 9.15. The maximum atomic E-state index is 12.3. The number of carbonyl (C=O) groups excluding carboxylic acids is 1. The number of hydrogen-bond acceptors (Lipinski definition) is 5. The second kappa shape index (κ2) is 4.36. The van der Waals surface area contributed by atoms with Gasteiger partial charge < -0.3 is 5.32 Å². The van der Waals surface area contributed by atoms with Crippen LogP contribution in [0, 0.1) is 6.92 Å². The quantitative estimate of drug-likeness (QED) is 0.800. The van der Waals surface area contributed by atoms with Gasteiger partial charge in [0.25, 0.3) is 5.91 Å². The number of hydrogen-bond donors (Lipinski definition) is 2. The monoisotopic (exact) mass is 258 g/mol. The van der Waals surface area contributed by atoms with E-state index in [2.05, 4.69) is 20.8 Å². The van der Waals surface area contributed by atoms with Gasteiger partial charge in [0.15, 0.2) is 5.82 Å². The summed E-state index contributed by atoms with van der Waals surface area (Å²) in [5.41, 5.74) is 5.19. The van der Waals surface area contributed by atoms with Crippen molar-refractivity contribution in [3.8, 4) is 0 Å². The summed E-state index contributed by atoms with van der Waals surface area (Å²) >= 11 is 0. The van der Waals surface area contributed by atoms with Crippen LogP contribution in [0.2, 0.25) is 0 Å². The van der Waals surface area contributed by atoms with Gasteiger partial charge in [-0.25, -0.2) is 10.4 Å². The molecule has 0 bridgehead atoms. The molecule has 2 aliphatic heterocycles. The van der Waals surface area contributed by atoms with Crippen LogP contribution in [-0.2, 0) is 11.8 Å². The number of aliphatic imine (C=N–C) groups is 1. The zero-order chi connectivity index (χ0) is 13.4. The van der Waals surface area contributed by atoms with E-state index in [-0.39, 0.29) is 5.91 Å². The number of aromatic nitrogens is 2. The molecule has 0 aromatic carbocycles. The zero-order valence-corrected chi connectivity index (χ0v) is 10.7. The molecular weight excluding hydrogens is 244 g/mol. The molecule has 1 aromatic rings. The van der Waals surface area contributed by atoms with Crippen molar-refractivity contribution < 1.29 is 4.79 Å². The number of anilines is 1. The third-order valence-corrected chi connectivity index (χ3v) is 2.98. The molecule has 0 radical (unpaired) electrons. The highest BCUT2D eigenvalue weighted by molar-refractivity contribution is 6.05. The van der Waals surface area contributed by atoms with Gasteiger partial charge in [-0.05, 0) is 13.0 Å². The Balaban J connectivity index is 1.83. The van der Waals surface area contributed by atoms with Gasteiger partial charge in [-0.3, -0.25) is 14.5 Å². The standard InChI is InChI=1S/C12H14N6O/c1-8-10(7-17(2)16-8)15-12(19)9-6-14-18-5-3-4-13-11(9)18/h3-5,7,14H,6H2,1-2H3,(H,15,19). The van der Waals surface area contributed by atoms with Crippen LogP contribution in [0.4, 0.5) is 5.69 Å². The third-order valence-electron chi connectivity index (χ3n) is 2.98. The van der Waals surface area contributed by atoms with Gasteiger partial charge in [-0.15, -0.1) is 0 Å². The second-order valence-corrected chi connectivity index (χ2v) is 4.38. The predicted molar refractivity (Wildman–Crippen MR) is 71.1 cm³/mol. The highest BCUT2D eigenvalue weighted by Gasteiger charge is 2.26. The van der Waals surface area contributed by atoms with Gasteiger partial charge in [0.1, 0.15) is 0 Å².